The van der Waals surface area contributed by atoms with Crippen molar-refractivity contribution in [1.29, 1.82) is 0 Å². The van der Waals surface area contributed by atoms with Gasteiger partial charge in [-0.25, -0.2) is 0 Å². The number of hydrogen-bond acceptors (Lipinski definition) is 5. The minimum atomic E-state index is -0.503. The van der Waals surface area contributed by atoms with Gasteiger partial charge in [0.25, 0.3) is 11.6 Å². The first-order valence-corrected chi connectivity index (χ1v) is 8.10. The van der Waals surface area contributed by atoms with Gasteiger partial charge in [-0.05, 0) is 30.3 Å². The van der Waals surface area contributed by atoms with E-state index in [2.05, 4.69) is 10.2 Å². The lowest BCUT2D eigenvalue weighted by Crippen LogP contribution is -2.36. The number of carbonyl (C=O) groups excluding carboxylic acids is 1. The molecule has 3 rings (SSSR count). The molecule has 0 saturated carbocycles. The average molecular weight is 362 g/mol. The summed E-state index contributed by atoms with van der Waals surface area (Å²) < 4.78 is 5.36. The average Bonchev–Trinajstić information content (AvgIpc) is 2.64. The van der Waals surface area contributed by atoms with Crippen molar-refractivity contribution < 1.29 is 14.5 Å². The van der Waals surface area contributed by atoms with Crippen molar-refractivity contribution in [1.82, 2.24) is 0 Å². The molecule has 2 aromatic rings. The zero-order valence-corrected chi connectivity index (χ0v) is 14.0. The van der Waals surface area contributed by atoms with Crippen LogP contribution in [0.4, 0.5) is 17.1 Å². The quantitative estimate of drug-likeness (QED) is 0.667. The maximum atomic E-state index is 12.5. The number of morpholine rings is 1. The highest BCUT2D eigenvalue weighted by Gasteiger charge is 2.17. The van der Waals surface area contributed by atoms with E-state index < -0.39 is 4.92 Å². The topological polar surface area (TPSA) is 84.7 Å². The largest absolute Gasteiger partial charge is 0.378 e. The highest BCUT2D eigenvalue weighted by molar-refractivity contribution is 6.31. The number of nitro benzene ring substituents is 1. The Morgan fingerprint density at radius 3 is 2.48 bits per heavy atom. The normalized spacial score (nSPS) is 14.2. The molecule has 25 heavy (non-hydrogen) atoms. The number of nitrogens with zero attached hydrogens (tertiary/aromatic N) is 2. The van der Waals surface area contributed by atoms with Crippen LogP contribution in [0.25, 0.3) is 0 Å². The van der Waals surface area contributed by atoms with Gasteiger partial charge in [-0.2, -0.15) is 0 Å². The molecule has 8 heteroatoms. The summed E-state index contributed by atoms with van der Waals surface area (Å²) in [7, 11) is 0. The van der Waals surface area contributed by atoms with Crippen molar-refractivity contribution in [2.75, 3.05) is 36.5 Å². The molecule has 0 aliphatic carbocycles. The fraction of sp³-hybridized carbons (Fsp3) is 0.235. The molecule has 1 aliphatic heterocycles. The summed E-state index contributed by atoms with van der Waals surface area (Å²) in [5.41, 5.74) is 1.74. The maximum absolute atomic E-state index is 12.5. The third kappa shape index (κ3) is 4.07. The Balaban J connectivity index is 1.81. The van der Waals surface area contributed by atoms with Gasteiger partial charge < -0.3 is 15.0 Å². The molecule has 1 amide bonds. The Kier molecular flexibility index (Phi) is 5.16. The van der Waals surface area contributed by atoms with Gasteiger partial charge in [0.15, 0.2) is 0 Å². The molecule has 1 fully saturated rings. The van der Waals surface area contributed by atoms with Gasteiger partial charge in [-0.3, -0.25) is 14.9 Å². The molecule has 2 aromatic carbocycles. The fourth-order valence-corrected chi connectivity index (χ4v) is 2.77. The summed E-state index contributed by atoms with van der Waals surface area (Å²) in [5.74, 6) is -0.341. The SMILES string of the molecule is O=C(Nc1ccc(Cl)cc1N1CCOCC1)c1ccc([N+](=O)[O-])cc1. The Morgan fingerprint density at radius 2 is 1.84 bits per heavy atom. The molecule has 1 aliphatic rings. The molecule has 1 saturated heterocycles. The zero-order valence-electron chi connectivity index (χ0n) is 13.3. The molecular formula is C17H16ClN3O4. The second-order valence-electron chi connectivity index (χ2n) is 5.52. The van der Waals surface area contributed by atoms with Crippen molar-refractivity contribution >= 4 is 34.6 Å². The highest BCUT2D eigenvalue weighted by Crippen LogP contribution is 2.30. The molecule has 0 spiro atoms. The van der Waals surface area contributed by atoms with Crippen LogP contribution in [0.2, 0.25) is 5.02 Å². The minimum Gasteiger partial charge on any atom is -0.378 e. The molecule has 0 unspecified atom stereocenters. The van der Waals surface area contributed by atoms with E-state index in [1.165, 1.54) is 24.3 Å². The van der Waals surface area contributed by atoms with Crippen LogP contribution >= 0.6 is 11.6 Å². The molecule has 1 heterocycles. The summed E-state index contributed by atoms with van der Waals surface area (Å²) in [4.78, 5) is 24.8. The van der Waals surface area contributed by atoms with Crippen LogP contribution in [0.3, 0.4) is 0 Å². The van der Waals surface area contributed by atoms with Gasteiger partial charge in [-0.1, -0.05) is 11.6 Å². The molecule has 7 nitrogen and oxygen atoms in total. The fourth-order valence-electron chi connectivity index (χ4n) is 2.61. The standard InChI is InChI=1S/C17H16ClN3O4/c18-13-3-6-15(16(11-13)20-7-9-25-10-8-20)19-17(22)12-1-4-14(5-2-12)21(23)24/h1-6,11H,7-10H2,(H,19,22). The predicted molar refractivity (Wildman–Crippen MR) is 95.5 cm³/mol. The third-order valence-electron chi connectivity index (χ3n) is 3.90. The lowest BCUT2D eigenvalue weighted by atomic mass is 10.1. The molecule has 0 aromatic heterocycles. The first-order chi connectivity index (χ1) is 12.0. The van der Waals surface area contributed by atoms with E-state index in [-0.39, 0.29) is 11.6 Å². The van der Waals surface area contributed by atoms with Crippen LogP contribution in [0.1, 0.15) is 10.4 Å². The summed E-state index contributed by atoms with van der Waals surface area (Å²) >= 11 is 6.10. The number of hydrogen-bond donors (Lipinski definition) is 1. The number of rotatable bonds is 4. The lowest BCUT2D eigenvalue weighted by Gasteiger charge is -2.30. The van der Waals surface area contributed by atoms with Crippen molar-refractivity contribution in [3.63, 3.8) is 0 Å². The van der Waals surface area contributed by atoms with Crippen molar-refractivity contribution in [2.45, 2.75) is 0 Å². The third-order valence-corrected chi connectivity index (χ3v) is 4.14. The summed E-state index contributed by atoms with van der Waals surface area (Å²) in [6.45, 7) is 2.64. The van der Waals surface area contributed by atoms with Gasteiger partial charge in [0, 0.05) is 35.8 Å². The van der Waals surface area contributed by atoms with E-state index in [4.69, 9.17) is 16.3 Å². The number of carbonyl (C=O) groups is 1. The number of nitrogens with one attached hydrogen (secondary N) is 1. The van der Waals surface area contributed by atoms with Crippen molar-refractivity contribution in [3.8, 4) is 0 Å². The van der Waals surface area contributed by atoms with Gasteiger partial charge in [0.1, 0.15) is 0 Å². The summed E-state index contributed by atoms with van der Waals surface area (Å²) in [6, 6.07) is 10.7. The lowest BCUT2D eigenvalue weighted by molar-refractivity contribution is -0.384. The van der Waals surface area contributed by atoms with Crippen LogP contribution < -0.4 is 10.2 Å². The number of non-ortho nitro benzene ring substituents is 1. The predicted octanol–water partition coefficient (Wildman–Crippen LogP) is 3.34. The number of benzene rings is 2. The van der Waals surface area contributed by atoms with E-state index in [9.17, 15) is 14.9 Å². The molecular weight excluding hydrogens is 346 g/mol. The van der Waals surface area contributed by atoms with Crippen LogP contribution in [0.15, 0.2) is 42.5 Å². The van der Waals surface area contributed by atoms with E-state index in [0.717, 1.165) is 5.69 Å². The molecule has 130 valence electrons. The summed E-state index contributed by atoms with van der Waals surface area (Å²) in [5, 5.41) is 14.1. The van der Waals surface area contributed by atoms with Gasteiger partial charge in [-0.15, -0.1) is 0 Å². The number of nitro groups is 1. The minimum absolute atomic E-state index is 0.0583. The second-order valence-corrected chi connectivity index (χ2v) is 5.96. The van der Waals surface area contributed by atoms with E-state index in [0.29, 0.717) is 42.6 Å². The maximum Gasteiger partial charge on any atom is 0.269 e. The summed E-state index contributed by atoms with van der Waals surface area (Å²) in [6.07, 6.45) is 0. The monoisotopic (exact) mass is 361 g/mol. The van der Waals surface area contributed by atoms with Gasteiger partial charge in [0.05, 0.1) is 29.5 Å². The van der Waals surface area contributed by atoms with Crippen molar-refractivity contribution in [2.24, 2.45) is 0 Å². The Labute approximate surface area is 149 Å². The number of amides is 1. The number of halogens is 1. The van der Waals surface area contributed by atoms with Crippen LogP contribution in [0, 0.1) is 10.1 Å². The molecule has 1 N–H and O–H groups in total. The van der Waals surface area contributed by atoms with Gasteiger partial charge in [0.2, 0.25) is 0 Å². The van der Waals surface area contributed by atoms with E-state index in [1.54, 1.807) is 18.2 Å². The number of anilines is 2. The Bertz CT molecular complexity index is 789. The second kappa shape index (κ2) is 7.50. The van der Waals surface area contributed by atoms with Crippen LogP contribution in [0.5, 0.6) is 0 Å². The smallest absolute Gasteiger partial charge is 0.269 e. The van der Waals surface area contributed by atoms with Gasteiger partial charge >= 0.3 is 0 Å². The molecule has 0 atom stereocenters. The van der Waals surface area contributed by atoms with Crippen molar-refractivity contribution in [3.05, 3.63) is 63.2 Å². The Hall–Kier alpha value is -2.64. The first kappa shape index (κ1) is 17.2. The number of ether oxygens (including phenoxy) is 1. The highest BCUT2D eigenvalue weighted by atomic mass is 35.5. The van der Waals surface area contributed by atoms with Crippen LogP contribution in [-0.2, 0) is 4.74 Å². The molecule has 0 radical (unpaired) electrons. The van der Waals surface area contributed by atoms with E-state index in [1.807, 2.05) is 0 Å². The first-order valence-electron chi connectivity index (χ1n) is 7.72. The molecule has 0 bridgehead atoms. The Morgan fingerprint density at radius 1 is 1.16 bits per heavy atom. The van der Waals surface area contributed by atoms with E-state index >= 15 is 0 Å². The van der Waals surface area contributed by atoms with Crippen LogP contribution in [-0.4, -0.2) is 37.1 Å². The zero-order chi connectivity index (χ0) is 17.8.